The average Bonchev–Trinajstić information content (AvgIpc) is 3.03. The molecule has 0 unspecified atom stereocenters. The number of furan rings is 1. The van der Waals surface area contributed by atoms with Gasteiger partial charge in [-0.25, -0.2) is 0 Å². The number of amides is 1. The highest BCUT2D eigenvalue weighted by Gasteiger charge is 2.27. The molecule has 2 heterocycles. The van der Waals surface area contributed by atoms with Crippen molar-refractivity contribution in [1.29, 1.82) is 0 Å². The van der Waals surface area contributed by atoms with E-state index in [-0.39, 0.29) is 5.91 Å². The summed E-state index contributed by atoms with van der Waals surface area (Å²) in [5.41, 5.74) is 3.90. The van der Waals surface area contributed by atoms with Gasteiger partial charge < -0.3 is 19.0 Å². The summed E-state index contributed by atoms with van der Waals surface area (Å²) in [6.07, 6.45) is 0. The number of hydrogen-bond acceptors (Lipinski definition) is 4. The molecule has 1 saturated heterocycles. The fraction of sp³-hybridized carbons (Fsp3) is 0.318. The van der Waals surface area contributed by atoms with Crippen molar-refractivity contribution in [3.8, 4) is 5.75 Å². The fourth-order valence-electron chi connectivity index (χ4n) is 3.72. The van der Waals surface area contributed by atoms with E-state index < -0.39 is 0 Å². The molecule has 0 aliphatic carbocycles. The van der Waals surface area contributed by atoms with Gasteiger partial charge in [-0.05, 0) is 37.6 Å². The summed E-state index contributed by atoms with van der Waals surface area (Å²) < 4.78 is 11.4. The number of aryl methyl sites for hydroxylation is 2. The molecule has 1 aliphatic rings. The highest BCUT2D eigenvalue weighted by Crippen LogP contribution is 2.30. The van der Waals surface area contributed by atoms with Gasteiger partial charge in [-0.15, -0.1) is 0 Å². The van der Waals surface area contributed by atoms with Gasteiger partial charge in [-0.3, -0.25) is 4.79 Å². The van der Waals surface area contributed by atoms with Gasteiger partial charge >= 0.3 is 0 Å². The molecule has 5 nitrogen and oxygen atoms in total. The van der Waals surface area contributed by atoms with Gasteiger partial charge in [0.05, 0.1) is 12.8 Å². The molecule has 5 heteroatoms. The number of benzene rings is 2. The van der Waals surface area contributed by atoms with Crippen LogP contribution in [0.3, 0.4) is 0 Å². The number of para-hydroxylation sites is 2. The highest BCUT2D eigenvalue weighted by molar-refractivity contribution is 5.99. The molecule has 2 aromatic carbocycles. The normalized spacial score (nSPS) is 14.6. The second-order valence-electron chi connectivity index (χ2n) is 7.01. The van der Waals surface area contributed by atoms with Crippen LogP contribution in [0.4, 0.5) is 5.69 Å². The second-order valence-corrected chi connectivity index (χ2v) is 7.01. The molecule has 140 valence electrons. The Morgan fingerprint density at radius 1 is 1.04 bits per heavy atom. The van der Waals surface area contributed by atoms with E-state index in [2.05, 4.69) is 11.0 Å². The van der Waals surface area contributed by atoms with Crippen molar-refractivity contribution in [3.05, 3.63) is 59.4 Å². The summed E-state index contributed by atoms with van der Waals surface area (Å²) in [7, 11) is 1.69. The van der Waals surface area contributed by atoms with Gasteiger partial charge in [0.2, 0.25) is 0 Å². The minimum absolute atomic E-state index is 0.0268. The van der Waals surface area contributed by atoms with E-state index in [1.54, 1.807) is 7.11 Å². The lowest BCUT2D eigenvalue weighted by molar-refractivity contribution is 0.0716. The number of nitrogens with zero attached hydrogens (tertiary/aromatic N) is 2. The summed E-state index contributed by atoms with van der Waals surface area (Å²) in [6, 6.07) is 14.1. The Morgan fingerprint density at radius 3 is 2.52 bits per heavy atom. The van der Waals surface area contributed by atoms with E-state index in [9.17, 15) is 4.79 Å². The third-order valence-corrected chi connectivity index (χ3v) is 5.28. The summed E-state index contributed by atoms with van der Waals surface area (Å²) in [4.78, 5) is 17.2. The van der Waals surface area contributed by atoms with Crippen molar-refractivity contribution < 1.29 is 13.9 Å². The van der Waals surface area contributed by atoms with E-state index >= 15 is 0 Å². The van der Waals surface area contributed by atoms with Crippen LogP contribution in [0.5, 0.6) is 5.75 Å². The van der Waals surface area contributed by atoms with Crippen molar-refractivity contribution in [2.45, 2.75) is 13.8 Å². The Balaban J connectivity index is 1.51. The monoisotopic (exact) mass is 364 g/mol. The van der Waals surface area contributed by atoms with E-state index in [4.69, 9.17) is 9.15 Å². The number of carbonyl (C=O) groups excluding carboxylic acids is 1. The van der Waals surface area contributed by atoms with Crippen LogP contribution >= 0.6 is 0 Å². The Morgan fingerprint density at radius 2 is 1.78 bits per heavy atom. The van der Waals surface area contributed by atoms with E-state index in [1.165, 1.54) is 0 Å². The Bertz CT molecular complexity index is 984. The Kier molecular flexibility index (Phi) is 4.52. The molecule has 0 bridgehead atoms. The van der Waals surface area contributed by atoms with E-state index in [1.807, 2.05) is 55.1 Å². The van der Waals surface area contributed by atoms with E-state index in [0.29, 0.717) is 18.8 Å². The highest BCUT2D eigenvalue weighted by atomic mass is 16.5. The molecule has 0 radical (unpaired) electrons. The molecule has 1 fully saturated rings. The first-order chi connectivity index (χ1) is 13.1. The van der Waals surface area contributed by atoms with Gasteiger partial charge in [-0.2, -0.15) is 0 Å². The third-order valence-electron chi connectivity index (χ3n) is 5.28. The van der Waals surface area contributed by atoms with Gasteiger partial charge in [0, 0.05) is 37.1 Å². The molecular formula is C22H24N2O3. The largest absolute Gasteiger partial charge is 0.495 e. The number of hydrogen-bond donors (Lipinski definition) is 0. The third kappa shape index (κ3) is 3.14. The van der Waals surface area contributed by atoms with Crippen molar-refractivity contribution in [1.82, 2.24) is 4.90 Å². The summed E-state index contributed by atoms with van der Waals surface area (Å²) >= 11 is 0. The number of piperazine rings is 1. The summed E-state index contributed by atoms with van der Waals surface area (Å²) in [5.74, 6) is 1.29. The maximum absolute atomic E-state index is 13.0. The van der Waals surface area contributed by atoms with Crippen LogP contribution in [0.25, 0.3) is 11.0 Å². The lowest BCUT2D eigenvalue weighted by Crippen LogP contribution is -2.48. The van der Waals surface area contributed by atoms with Gasteiger partial charge in [0.25, 0.3) is 5.91 Å². The van der Waals surface area contributed by atoms with Crippen molar-refractivity contribution in [2.24, 2.45) is 0 Å². The lowest BCUT2D eigenvalue weighted by Gasteiger charge is -2.36. The number of ether oxygens (including phenoxy) is 1. The zero-order chi connectivity index (χ0) is 19.0. The van der Waals surface area contributed by atoms with Crippen LogP contribution in [0.15, 0.2) is 46.9 Å². The van der Waals surface area contributed by atoms with Crippen LogP contribution < -0.4 is 9.64 Å². The topological polar surface area (TPSA) is 45.9 Å². The van der Waals surface area contributed by atoms with Crippen LogP contribution in [0.2, 0.25) is 0 Å². The van der Waals surface area contributed by atoms with Gasteiger partial charge in [-0.1, -0.05) is 24.3 Å². The molecule has 3 aromatic rings. The SMILES string of the molecule is COc1ccccc1N1CCN(C(=O)c2oc3cc(C)ccc3c2C)CC1. The first-order valence-electron chi connectivity index (χ1n) is 9.25. The number of rotatable bonds is 3. The standard InChI is InChI=1S/C22H24N2O3/c1-15-8-9-17-16(2)21(27-20(17)14-15)22(25)24-12-10-23(11-13-24)18-6-4-5-7-19(18)26-3/h4-9,14H,10-13H2,1-3H3. The minimum atomic E-state index is -0.0268. The smallest absolute Gasteiger partial charge is 0.290 e. The predicted octanol–water partition coefficient (Wildman–Crippen LogP) is 4.02. The zero-order valence-corrected chi connectivity index (χ0v) is 16.0. The van der Waals surface area contributed by atoms with Gasteiger partial charge in [0.15, 0.2) is 5.76 Å². The summed E-state index contributed by atoms with van der Waals surface area (Å²) in [5, 5.41) is 1.01. The molecule has 0 saturated carbocycles. The van der Waals surface area contributed by atoms with Crippen LogP contribution in [0, 0.1) is 13.8 Å². The first kappa shape index (κ1) is 17.5. The quantitative estimate of drug-likeness (QED) is 0.704. The molecule has 1 aliphatic heterocycles. The number of fused-ring (bicyclic) bond motifs is 1. The predicted molar refractivity (Wildman–Crippen MR) is 107 cm³/mol. The molecule has 4 rings (SSSR count). The molecule has 27 heavy (non-hydrogen) atoms. The van der Waals surface area contributed by atoms with E-state index in [0.717, 1.165) is 46.6 Å². The maximum Gasteiger partial charge on any atom is 0.290 e. The summed E-state index contributed by atoms with van der Waals surface area (Å²) in [6.45, 7) is 6.84. The lowest BCUT2D eigenvalue weighted by atomic mass is 10.1. The molecule has 1 amide bonds. The Hall–Kier alpha value is -2.95. The van der Waals surface area contributed by atoms with Crippen LogP contribution in [-0.2, 0) is 0 Å². The minimum Gasteiger partial charge on any atom is -0.495 e. The van der Waals surface area contributed by atoms with Gasteiger partial charge in [0.1, 0.15) is 11.3 Å². The number of anilines is 1. The number of carbonyl (C=O) groups is 1. The Labute approximate surface area is 159 Å². The first-order valence-corrected chi connectivity index (χ1v) is 9.25. The second kappa shape index (κ2) is 6.99. The zero-order valence-electron chi connectivity index (χ0n) is 16.0. The molecule has 1 aromatic heterocycles. The fourth-order valence-corrected chi connectivity index (χ4v) is 3.72. The molecule has 0 atom stereocenters. The van der Waals surface area contributed by atoms with Crippen molar-refractivity contribution in [3.63, 3.8) is 0 Å². The van der Waals surface area contributed by atoms with Crippen molar-refractivity contribution in [2.75, 3.05) is 38.2 Å². The average molecular weight is 364 g/mol. The molecule has 0 N–H and O–H groups in total. The number of methoxy groups -OCH3 is 1. The molecular weight excluding hydrogens is 340 g/mol. The van der Waals surface area contributed by atoms with Crippen LogP contribution in [0.1, 0.15) is 21.7 Å². The van der Waals surface area contributed by atoms with Crippen LogP contribution in [-0.4, -0.2) is 44.1 Å². The maximum atomic E-state index is 13.0. The molecule has 0 spiro atoms. The van der Waals surface area contributed by atoms with Crippen molar-refractivity contribution >= 4 is 22.6 Å².